The van der Waals surface area contributed by atoms with Gasteiger partial charge < -0.3 is 10.2 Å². The van der Waals surface area contributed by atoms with Crippen molar-refractivity contribution in [3.63, 3.8) is 0 Å². The maximum atomic E-state index is 13.0. The second kappa shape index (κ2) is 9.61. The van der Waals surface area contributed by atoms with Crippen molar-refractivity contribution in [2.24, 2.45) is 13.0 Å². The van der Waals surface area contributed by atoms with Gasteiger partial charge in [-0.2, -0.15) is 5.10 Å². The average molecular weight is 448 g/mol. The molecular weight excluding hydrogens is 418 g/mol. The summed E-state index contributed by atoms with van der Waals surface area (Å²) >= 11 is 0. The average Bonchev–Trinajstić information content (AvgIpc) is 3.18. The van der Waals surface area contributed by atoms with E-state index in [2.05, 4.69) is 15.1 Å². The van der Waals surface area contributed by atoms with Gasteiger partial charge in [-0.3, -0.25) is 14.3 Å². The summed E-state index contributed by atoms with van der Waals surface area (Å²) in [6, 6.07) is 4.63. The maximum absolute atomic E-state index is 13.0. The Morgan fingerprint density at radius 2 is 1.94 bits per heavy atom. The SMILES string of the molecule is CCNS(=O)(=O)c1ccc(C)c(C(=O)N2CCC(CNC(=O)c3cnn(C)c3)CC2)c1. The van der Waals surface area contributed by atoms with Crippen LogP contribution < -0.4 is 10.0 Å². The van der Waals surface area contributed by atoms with E-state index in [1.165, 1.54) is 18.3 Å². The Balaban J connectivity index is 1.58. The van der Waals surface area contributed by atoms with E-state index in [0.29, 0.717) is 30.8 Å². The largest absolute Gasteiger partial charge is 0.352 e. The minimum Gasteiger partial charge on any atom is -0.352 e. The molecule has 3 rings (SSSR count). The first-order chi connectivity index (χ1) is 14.7. The second-order valence-corrected chi connectivity index (χ2v) is 9.59. The first-order valence-electron chi connectivity index (χ1n) is 10.4. The van der Waals surface area contributed by atoms with Crippen molar-refractivity contribution in [3.8, 4) is 0 Å². The van der Waals surface area contributed by atoms with Gasteiger partial charge in [0.25, 0.3) is 11.8 Å². The lowest BCUT2D eigenvalue weighted by Crippen LogP contribution is -2.41. The topological polar surface area (TPSA) is 113 Å². The number of aryl methyl sites for hydroxylation is 2. The van der Waals surface area contributed by atoms with Gasteiger partial charge in [0.2, 0.25) is 10.0 Å². The molecule has 10 heteroatoms. The number of carbonyl (C=O) groups excluding carboxylic acids is 2. The third-order valence-electron chi connectivity index (χ3n) is 5.50. The number of benzene rings is 1. The van der Waals surface area contributed by atoms with E-state index in [0.717, 1.165) is 18.4 Å². The molecule has 9 nitrogen and oxygen atoms in total. The van der Waals surface area contributed by atoms with E-state index in [9.17, 15) is 18.0 Å². The van der Waals surface area contributed by atoms with Gasteiger partial charge in [0.05, 0.1) is 16.7 Å². The van der Waals surface area contributed by atoms with E-state index in [1.807, 2.05) is 0 Å². The Hall–Kier alpha value is -2.72. The molecule has 0 saturated carbocycles. The summed E-state index contributed by atoms with van der Waals surface area (Å²) in [6.45, 7) is 5.47. The monoisotopic (exact) mass is 447 g/mol. The van der Waals surface area contributed by atoms with E-state index >= 15 is 0 Å². The number of likely N-dealkylation sites (tertiary alicyclic amines) is 1. The molecule has 2 aromatic rings. The van der Waals surface area contributed by atoms with Crippen LogP contribution in [0.5, 0.6) is 0 Å². The highest BCUT2D eigenvalue weighted by Gasteiger charge is 2.26. The molecule has 0 radical (unpaired) electrons. The Morgan fingerprint density at radius 1 is 1.23 bits per heavy atom. The Kier molecular flexibility index (Phi) is 7.11. The van der Waals surface area contributed by atoms with Crippen LogP contribution in [0.2, 0.25) is 0 Å². The molecule has 168 valence electrons. The zero-order chi connectivity index (χ0) is 22.6. The van der Waals surface area contributed by atoms with Crippen LogP contribution in [-0.4, -0.2) is 61.1 Å². The van der Waals surface area contributed by atoms with E-state index in [1.54, 1.807) is 42.7 Å². The van der Waals surface area contributed by atoms with Crippen LogP contribution in [0.1, 0.15) is 46.0 Å². The highest BCUT2D eigenvalue weighted by molar-refractivity contribution is 7.89. The molecule has 2 N–H and O–H groups in total. The molecule has 1 fully saturated rings. The van der Waals surface area contributed by atoms with E-state index in [-0.39, 0.29) is 29.2 Å². The lowest BCUT2D eigenvalue weighted by atomic mass is 9.95. The van der Waals surface area contributed by atoms with Crippen molar-refractivity contribution >= 4 is 21.8 Å². The number of sulfonamides is 1. The number of carbonyl (C=O) groups is 2. The van der Waals surface area contributed by atoms with Crippen LogP contribution in [0.15, 0.2) is 35.5 Å². The fourth-order valence-electron chi connectivity index (χ4n) is 3.66. The zero-order valence-electron chi connectivity index (χ0n) is 18.1. The number of piperidine rings is 1. The van der Waals surface area contributed by atoms with Crippen LogP contribution in [0, 0.1) is 12.8 Å². The molecule has 1 aliphatic heterocycles. The minimum absolute atomic E-state index is 0.0938. The summed E-state index contributed by atoms with van der Waals surface area (Å²) in [7, 11) is -1.87. The summed E-state index contributed by atoms with van der Waals surface area (Å²) in [4.78, 5) is 27.1. The van der Waals surface area contributed by atoms with Gasteiger partial charge in [0, 0.05) is 45.0 Å². The van der Waals surface area contributed by atoms with Gasteiger partial charge >= 0.3 is 0 Å². The van der Waals surface area contributed by atoms with Crippen molar-refractivity contribution in [1.29, 1.82) is 0 Å². The molecule has 1 aromatic carbocycles. The number of hydrogen-bond donors (Lipinski definition) is 2. The van der Waals surface area contributed by atoms with Crippen molar-refractivity contribution in [3.05, 3.63) is 47.3 Å². The third kappa shape index (κ3) is 5.50. The van der Waals surface area contributed by atoms with Gasteiger partial charge in [-0.15, -0.1) is 0 Å². The summed E-state index contributed by atoms with van der Waals surface area (Å²) in [5.41, 5.74) is 1.67. The lowest BCUT2D eigenvalue weighted by molar-refractivity contribution is 0.0683. The molecule has 2 amide bonds. The Labute approximate surface area is 182 Å². The number of nitrogens with zero attached hydrogens (tertiary/aromatic N) is 3. The molecule has 0 unspecified atom stereocenters. The van der Waals surface area contributed by atoms with Gasteiger partial charge in [-0.05, 0) is 43.4 Å². The quantitative estimate of drug-likeness (QED) is 0.664. The summed E-state index contributed by atoms with van der Waals surface area (Å²) < 4.78 is 28.6. The molecule has 31 heavy (non-hydrogen) atoms. The summed E-state index contributed by atoms with van der Waals surface area (Å²) in [5, 5.41) is 6.93. The summed E-state index contributed by atoms with van der Waals surface area (Å²) in [5.74, 6) is -0.0314. The number of rotatable bonds is 7. The van der Waals surface area contributed by atoms with E-state index < -0.39 is 10.0 Å². The van der Waals surface area contributed by atoms with Crippen LogP contribution in [0.25, 0.3) is 0 Å². The molecule has 0 atom stereocenters. The zero-order valence-corrected chi connectivity index (χ0v) is 18.9. The van der Waals surface area contributed by atoms with Gasteiger partial charge in [-0.1, -0.05) is 13.0 Å². The van der Waals surface area contributed by atoms with Crippen molar-refractivity contribution in [2.45, 2.75) is 31.6 Å². The fourth-order valence-corrected chi connectivity index (χ4v) is 4.73. The molecule has 0 bridgehead atoms. The minimum atomic E-state index is -3.63. The predicted molar refractivity (Wildman–Crippen MR) is 116 cm³/mol. The Morgan fingerprint density at radius 3 is 2.55 bits per heavy atom. The first-order valence-corrected chi connectivity index (χ1v) is 11.9. The number of amides is 2. The van der Waals surface area contributed by atoms with Crippen LogP contribution in [0.3, 0.4) is 0 Å². The van der Waals surface area contributed by atoms with Crippen molar-refractivity contribution in [2.75, 3.05) is 26.2 Å². The van der Waals surface area contributed by atoms with Crippen molar-refractivity contribution in [1.82, 2.24) is 24.7 Å². The molecule has 1 aliphatic rings. The maximum Gasteiger partial charge on any atom is 0.254 e. The molecule has 1 aromatic heterocycles. The van der Waals surface area contributed by atoms with Crippen LogP contribution >= 0.6 is 0 Å². The Bertz CT molecular complexity index is 1060. The highest BCUT2D eigenvalue weighted by atomic mass is 32.2. The molecular formula is C21H29N5O4S. The molecule has 0 aliphatic carbocycles. The molecule has 0 spiro atoms. The number of hydrogen-bond acceptors (Lipinski definition) is 5. The van der Waals surface area contributed by atoms with Gasteiger partial charge in [0.15, 0.2) is 0 Å². The van der Waals surface area contributed by atoms with Gasteiger partial charge in [-0.25, -0.2) is 13.1 Å². The molecule has 1 saturated heterocycles. The predicted octanol–water partition coefficient (Wildman–Crippen LogP) is 1.31. The highest BCUT2D eigenvalue weighted by Crippen LogP contribution is 2.22. The number of aromatic nitrogens is 2. The molecule has 2 heterocycles. The third-order valence-corrected chi connectivity index (χ3v) is 7.05. The fraction of sp³-hybridized carbons (Fsp3) is 0.476. The van der Waals surface area contributed by atoms with Crippen LogP contribution in [0.4, 0.5) is 0 Å². The first kappa shape index (κ1) is 23.0. The standard InChI is InChI=1S/C21H29N5O4S/c1-4-24-31(29,30)18-6-5-15(2)19(11-18)21(28)26-9-7-16(8-10-26)12-22-20(27)17-13-23-25(3)14-17/h5-6,11,13-14,16,24H,4,7-10,12H2,1-3H3,(H,22,27). The van der Waals surface area contributed by atoms with Crippen molar-refractivity contribution < 1.29 is 18.0 Å². The summed E-state index contributed by atoms with van der Waals surface area (Å²) in [6.07, 6.45) is 4.74. The van der Waals surface area contributed by atoms with Gasteiger partial charge in [0.1, 0.15) is 0 Å². The second-order valence-electron chi connectivity index (χ2n) is 7.83. The number of nitrogens with one attached hydrogen (secondary N) is 2. The van der Waals surface area contributed by atoms with Crippen LogP contribution in [-0.2, 0) is 17.1 Å². The normalized spacial score (nSPS) is 15.1. The smallest absolute Gasteiger partial charge is 0.254 e. The lowest BCUT2D eigenvalue weighted by Gasteiger charge is -2.32. The van der Waals surface area contributed by atoms with E-state index in [4.69, 9.17) is 0 Å².